The van der Waals surface area contributed by atoms with E-state index in [1.807, 2.05) is 0 Å². The fraction of sp³-hybridized carbons (Fsp3) is 1.00. The van der Waals surface area contributed by atoms with E-state index in [9.17, 15) is 0 Å². The highest BCUT2D eigenvalue weighted by molar-refractivity contribution is 6.59. The van der Waals surface area contributed by atoms with E-state index in [0.29, 0.717) is 5.04 Å². The lowest BCUT2D eigenvalue weighted by Gasteiger charge is -2.29. The van der Waals surface area contributed by atoms with Crippen LogP contribution in [-0.4, -0.2) is 28.3 Å². The first kappa shape index (κ1) is 13.2. The molecule has 0 aromatic carbocycles. The maximum atomic E-state index is 5.76. The molecule has 15 heavy (non-hydrogen) atoms. The Hall–Kier alpha value is 0.137. The van der Waals surface area contributed by atoms with Gasteiger partial charge in [-0.3, -0.25) is 0 Å². The van der Waals surface area contributed by atoms with E-state index in [1.165, 1.54) is 12.8 Å². The predicted molar refractivity (Wildman–Crippen MR) is 65.7 cm³/mol. The van der Waals surface area contributed by atoms with Gasteiger partial charge in [0, 0.05) is 22.0 Å². The van der Waals surface area contributed by atoms with E-state index < -0.39 is 0 Å². The summed E-state index contributed by atoms with van der Waals surface area (Å²) in [6.45, 7) is 11.2. The van der Waals surface area contributed by atoms with Crippen molar-refractivity contribution in [2.75, 3.05) is 13.2 Å². The van der Waals surface area contributed by atoms with Crippen LogP contribution in [0.3, 0.4) is 0 Å². The third-order valence-electron chi connectivity index (χ3n) is 3.52. The van der Waals surface area contributed by atoms with Gasteiger partial charge in [0.05, 0.1) is 0 Å². The molecule has 1 atom stereocenters. The van der Waals surface area contributed by atoms with Gasteiger partial charge in [0.25, 0.3) is 0 Å². The molecule has 0 amide bonds. The summed E-state index contributed by atoms with van der Waals surface area (Å²) >= 11 is 0. The number of ether oxygens (including phenoxy) is 2. The molecule has 1 fully saturated rings. The van der Waals surface area contributed by atoms with E-state index in [0.717, 1.165) is 26.1 Å². The van der Waals surface area contributed by atoms with Gasteiger partial charge >= 0.3 is 0 Å². The van der Waals surface area contributed by atoms with Gasteiger partial charge < -0.3 is 9.47 Å². The first-order valence-corrected chi connectivity index (χ1v) is 8.56. The highest BCUT2D eigenvalue weighted by atomic mass is 28.3. The molecule has 1 aliphatic rings. The highest BCUT2D eigenvalue weighted by Gasteiger charge is 2.24. The molecule has 0 aromatic rings. The maximum absolute atomic E-state index is 5.76. The van der Waals surface area contributed by atoms with Crippen LogP contribution in [0.5, 0.6) is 0 Å². The lowest BCUT2D eigenvalue weighted by Crippen LogP contribution is -2.26. The summed E-state index contributed by atoms with van der Waals surface area (Å²) in [7, 11) is -0.234. The molecule has 0 bridgehead atoms. The van der Waals surface area contributed by atoms with Gasteiger partial charge in [-0.25, -0.2) is 0 Å². The molecule has 0 aliphatic carbocycles. The van der Waals surface area contributed by atoms with Crippen LogP contribution in [0.15, 0.2) is 0 Å². The first-order chi connectivity index (χ1) is 7.02. The second-order valence-corrected chi connectivity index (χ2v) is 8.65. The Morgan fingerprint density at radius 2 is 2.07 bits per heavy atom. The smallest absolute Gasteiger partial charge is 0.157 e. The van der Waals surface area contributed by atoms with Crippen LogP contribution in [0.4, 0.5) is 0 Å². The van der Waals surface area contributed by atoms with Crippen molar-refractivity contribution < 1.29 is 9.47 Å². The SMILES string of the molecule is C[Si](C)C(C)(C)CCOC1CCCCO1. The monoisotopic (exact) mass is 229 g/mol. The Morgan fingerprint density at radius 3 is 2.60 bits per heavy atom. The molecule has 1 radical (unpaired) electrons. The van der Waals surface area contributed by atoms with Crippen molar-refractivity contribution in [3.63, 3.8) is 0 Å². The largest absolute Gasteiger partial charge is 0.353 e. The van der Waals surface area contributed by atoms with Gasteiger partial charge in [0.1, 0.15) is 0 Å². The molecule has 3 heteroatoms. The predicted octanol–water partition coefficient (Wildman–Crippen LogP) is 3.45. The van der Waals surface area contributed by atoms with E-state index in [4.69, 9.17) is 9.47 Å². The van der Waals surface area contributed by atoms with Gasteiger partial charge in [-0.05, 0) is 30.7 Å². The Kier molecular flexibility index (Phi) is 5.30. The molecule has 2 nitrogen and oxygen atoms in total. The van der Waals surface area contributed by atoms with Crippen molar-refractivity contribution >= 4 is 8.80 Å². The molecular formula is C12H25O2Si. The van der Waals surface area contributed by atoms with E-state index in [2.05, 4.69) is 26.9 Å². The number of hydrogen-bond acceptors (Lipinski definition) is 2. The zero-order valence-electron chi connectivity index (χ0n) is 10.6. The fourth-order valence-electron chi connectivity index (χ4n) is 1.54. The summed E-state index contributed by atoms with van der Waals surface area (Å²) in [6, 6.07) is 0. The van der Waals surface area contributed by atoms with Crippen LogP contribution in [-0.2, 0) is 9.47 Å². The first-order valence-electron chi connectivity index (χ1n) is 6.06. The quantitative estimate of drug-likeness (QED) is 0.672. The summed E-state index contributed by atoms with van der Waals surface area (Å²) in [5.74, 6) is 0. The maximum Gasteiger partial charge on any atom is 0.157 e. The average molecular weight is 229 g/mol. The van der Waals surface area contributed by atoms with Gasteiger partial charge in [-0.1, -0.05) is 26.9 Å². The second-order valence-electron chi connectivity index (χ2n) is 5.30. The molecule has 0 N–H and O–H groups in total. The summed E-state index contributed by atoms with van der Waals surface area (Å²) in [5.41, 5.74) is 0. The summed E-state index contributed by atoms with van der Waals surface area (Å²) in [5, 5.41) is 0.472. The summed E-state index contributed by atoms with van der Waals surface area (Å²) in [6.07, 6.45) is 4.77. The van der Waals surface area contributed by atoms with Gasteiger partial charge in [-0.2, -0.15) is 0 Å². The minimum absolute atomic E-state index is 0.0823. The van der Waals surface area contributed by atoms with Crippen molar-refractivity contribution in [3.05, 3.63) is 0 Å². The van der Waals surface area contributed by atoms with E-state index in [-0.39, 0.29) is 15.1 Å². The Labute approximate surface area is 96.0 Å². The van der Waals surface area contributed by atoms with Crippen LogP contribution in [0, 0.1) is 0 Å². The zero-order valence-corrected chi connectivity index (χ0v) is 11.6. The molecule has 89 valence electrons. The van der Waals surface area contributed by atoms with Crippen LogP contribution in [0.2, 0.25) is 18.1 Å². The van der Waals surface area contributed by atoms with Gasteiger partial charge in [-0.15, -0.1) is 0 Å². The van der Waals surface area contributed by atoms with Crippen molar-refractivity contribution in [1.29, 1.82) is 0 Å². The molecule has 1 saturated heterocycles. The molecule has 1 heterocycles. The summed E-state index contributed by atoms with van der Waals surface area (Å²) < 4.78 is 11.3. The standard InChI is InChI=1S/C12H25O2Si/c1-12(2,15(3)4)8-10-14-11-7-5-6-9-13-11/h11H,5-10H2,1-4H3. The molecule has 1 aliphatic heterocycles. The lowest BCUT2D eigenvalue weighted by atomic mass is 10.1. The third-order valence-corrected chi connectivity index (χ3v) is 6.48. The molecule has 0 spiro atoms. The van der Waals surface area contributed by atoms with Crippen molar-refractivity contribution in [3.8, 4) is 0 Å². The number of hydrogen-bond donors (Lipinski definition) is 0. The minimum atomic E-state index is -0.234. The molecular weight excluding hydrogens is 204 g/mol. The third kappa shape index (κ3) is 4.66. The van der Waals surface area contributed by atoms with E-state index >= 15 is 0 Å². The topological polar surface area (TPSA) is 18.5 Å². The molecule has 1 rings (SSSR count). The van der Waals surface area contributed by atoms with Crippen molar-refractivity contribution in [2.24, 2.45) is 0 Å². The Bertz CT molecular complexity index is 174. The Balaban J connectivity index is 2.14. The average Bonchev–Trinajstić information content (AvgIpc) is 2.19. The molecule has 1 unspecified atom stereocenters. The lowest BCUT2D eigenvalue weighted by molar-refractivity contribution is -0.163. The zero-order chi connectivity index (χ0) is 11.3. The van der Waals surface area contributed by atoms with E-state index in [1.54, 1.807) is 0 Å². The normalized spacial score (nSPS) is 23.4. The fourth-order valence-corrected chi connectivity index (χ4v) is 2.14. The highest BCUT2D eigenvalue weighted by Crippen LogP contribution is 2.32. The van der Waals surface area contributed by atoms with Crippen LogP contribution in [0.1, 0.15) is 39.5 Å². The van der Waals surface area contributed by atoms with Crippen molar-refractivity contribution in [2.45, 2.75) is 64.0 Å². The molecule has 0 saturated carbocycles. The summed E-state index contributed by atoms with van der Waals surface area (Å²) in [4.78, 5) is 0. The van der Waals surface area contributed by atoms with Crippen LogP contribution < -0.4 is 0 Å². The second kappa shape index (κ2) is 6.02. The van der Waals surface area contributed by atoms with Gasteiger partial charge in [0.15, 0.2) is 6.29 Å². The van der Waals surface area contributed by atoms with Gasteiger partial charge in [0.2, 0.25) is 0 Å². The van der Waals surface area contributed by atoms with Crippen LogP contribution >= 0.6 is 0 Å². The Morgan fingerprint density at radius 1 is 1.33 bits per heavy atom. The number of rotatable bonds is 5. The molecule has 0 aromatic heterocycles. The minimum Gasteiger partial charge on any atom is -0.353 e. The van der Waals surface area contributed by atoms with Crippen molar-refractivity contribution in [1.82, 2.24) is 0 Å². The van der Waals surface area contributed by atoms with Crippen LogP contribution in [0.25, 0.3) is 0 Å².